The molecule has 1 fully saturated rings. The minimum atomic E-state index is -3.78. The Morgan fingerprint density at radius 1 is 1.21 bits per heavy atom. The van der Waals surface area contributed by atoms with Gasteiger partial charge in [-0.25, -0.2) is 0 Å². The largest absolute Gasteiger partial charge is 0.497 e. The quantitative estimate of drug-likeness (QED) is 0.693. The number of sulfonamides is 1. The SMILES string of the molecule is CCN(CC(=O)Nc1cccc(OC)c1)C(=O)[C@@H]1CCCN1C1=NS(=O)(=O)c2ccccc21. The van der Waals surface area contributed by atoms with Crippen LogP contribution in [0.15, 0.2) is 57.8 Å². The van der Waals surface area contributed by atoms with Crippen LogP contribution in [0.5, 0.6) is 5.75 Å². The summed E-state index contributed by atoms with van der Waals surface area (Å²) in [6.07, 6.45) is 1.29. The van der Waals surface area contributed by atoms with E-state index in [0.29, 0.717) is 42.3 Å². The lowest BCUT2D eigenvalue weighted by Gasteiger charge is -2.30. The first-order valence-corrected chi connectivity index (χ1v) is 12.2. The van der Waals surface area contributed by atoms with Gasteiger partial charge in [-0.05, 0) is 44.0 Å². The third kappa shape index (κ3) is 4.56. The highest BCUT2D eigenvalue weighted by atomic mass is 32.2. The van der Waals surface area contributed by atoms with Crippen molar-refractivity contribution < 1.29 is 22.7 Å². The first-order valence-electron chi connectivity index (χ1n) is 10.8. The van der Waals surface area contributed by atoms with Gasteiger partial charge >= 0.3 is 0 Å². The number of nitrogens with one attached hydrogen (secondary N) is 1. The van der Waals surface area contributed by atoms with Crippen molar-refractivity contribution in [1.82, 2.24) is 9.80 Å². The summed E-state index contributed by atoms with van der Waals surface area (Å²) in [7, 11) is -2.23. The third-order valence-electron chi connectivity index (χ3n) is 5.80. The van der Waals surface area contributed by atoms with Gasteiger partial charge in [0.2, 0.25) is 11.8 Å². The number of methoxy groups -OCH3 is 1. The molecule has 0 spiro atoms. The van der Waals surface area contributed by atoms with Crippen molar-refractivity contribution in [1.29, 1.82) is 0 Å². The fourth-order valence-corrected chi connectivity index (χ4v) is 5.42. The number of carbonyl (C=O) groups excluding carboxylic acids is 2. The van der Waals surface area contributed by atoms with Crippen molar-refractivity contribution in [3.8, 4) is 5.75 Å². The number of amides is 2. The maximum absolute atomic E-state index is 13.4. The van der Waals surface area contributed by atoms with Crippen LogP contribution in [0.4, 0.5) is 5.69 Å². The first kappa shape index (κ1) is 22.8. The fraction of sp³-hybridized carbons (Fsp3) is 0.348. The van der Waals surface area contributed by atoms with E-state index in [1.807, 2.05) is 6.92 Å². The zero-order valence-corrected chi connectivity index (χ0v) is 19.3. The Bertz CT molecular complexity index is 1210. The summed E-state index contributed by atoms with van der Waals surface area (Å²) in [6.45, 7) is 2.56. The van der Waals surface area contributed by atoms with Crippen molar-refractivity contribution in [2.75, 3.05) is 32.1 Å². The second-order valence-electron chi connectivity index (χ2n) is 7.87. The van der Waals surface area contributed by atoms with E-state index >= 15 is 0 Å². The van der Waals surface area contributed by atoms with Crippen molar-refractivity contribution in [2.45, 2.75) is 30.7 Å². The second-order valence-corrected chi connectivity index (χ2v) is 9.44. The maximum Gasteiger partial charge on any atom is 0.285 e. The van der Waals surface area contributed by atoms with Gasteiger partial charge in [-0.3, -0.25) is 9.59 Å². The number of ether oxygens (including phenoxy) is 1. The summed E-state index contributed by atoms with van der Waals surface area (Å²) in [5.41, 5.74) is 1.09. The monoisotopic (exact) mass is 470 g/mol. The molecule has 2 aromatic rings. The van der Waals surface area contributed by atoms with Crippen molar-refractivity contribution in [3.05, 3.63) is 54.1 Å². The number of hydrogen-bond donors (Lipinski definition) is 1. The molecule has 10 heteroatoms. The number of anilines is 1. The summed E-state index contributed by atoms with van der Waals surface area (Å²) < 4.78 is 34.1. The van der Waals surface area contributed by atoms with E-state index in [9.17, 15) is 18.0 Å². The van der Waals surface area contributed by atoms with E-state index in [1.165, 1.54) is 11.0 Å². The van der Waals surface area contributed by atoms with Crippen LogP contribution in [0.2, 0.25) is 0 Å². The standard InChI is InChI=1S/C23H26N4O5S/c1-3-26(15-21(28)24-16-8-6-9-17(14-16)32-2)23(29)19-11-7-13-27(19)22-18-10-4-5-12-20(18)33(30,31)25-22/h4-6,8-10,12,14,19H,3,7,11,13,15H2,1-2H3,(H,24,28)/t19-/m0/s1. The van der Waals surface area contributed by atoms with Gasteiger partial charge in [0.15, 0.2) is 5.84 Å². The van der Waals surface area contributed by atoms with Gasteiger partial charge in [-0.2, -0.15) is 8.42 Å². The van der Waals surface area contributed by atoms with Crippen LogP contribution in [0.1, 0.15) is 25.3 Å². The zero-order chi connectivity index (χ0) is 23.6. The molecular formula is C23H26N4O5S. The Morgan fingerprint density at radius 2 is 2.00 bits per heavy atom. The van der Waals surface area contributed by atoms with Gasteiger partial charge in [-0.1, -0.05) is 18.2 Å². The Morgan fingerprint density at radius 3 is 2.76 bits per heavy atom. The second kappa shape index (κ2) is 9.22. The molecule has 4 rings (SSSR count). The molecule has 2 aromatic carbocycles. The zero-order valence-electron chi connectivity index (χ0n) is 18.5. The average Bonchev–Trinajstić information content (AvgIpc) is 3.40. The molecule has 2 amide bonds. The van der Waals surface area contributed by atoms with Crippen LogP contribution in [0, 0.1) is 0 Å². The van der Waals surface area contributed by atoms with Gasteiger partial charge in [-0.15, -0.1) is 4.40 Å². The number of likely N-dealkylation sites (tertiary alicyclic amines) is 1. The summed E-state index contributed by atoms with van der Waals surface area (Å²) in [5.74, 6) is 0.373. The molecule has 1 saturated heterocycles. The van der Waals surface area contributed by atoms with E-state index in [1.54, 1.807) is 54.5 Å². The number of nitrogens with zero attached hydrogens (tertiary/aromatic N) is 3. The minimum Gasteiger partial charge on any atom is -0.497 e. The molecule has 2 heterocycles. The molecule has 0 aromatic heterocycles. The molecule has 2 aliphatic heterocycles. The molecule has 33 heavy (non-hydrogen) atoms. The summed E-state index contributed by atoms with van der Waals surface area (Å²) >= 11 is 0. The third-order valence-corrected chi connectivity index (χ3v) is 7.13. The van der Waals surface area contributed by atoms with E-state index in [4.69, 9.17) is 4.74 Å². The van der Waals surface area contributed by atoms with E-state index < -0.39 is 16.1 Å². The number of hydrogen-bond acceptors (Lipinski definition) is 6. The van der Waals surface area contributed by atoms with Crippen LogP contribution in [0.25, 0.3) is 0 Å². The van der Waals surface area contributed by atoms with Crippen molar-refractivity contribution >= 4 is 33.4 Å². The van der Waals surface area contributed by atoms with Crippen LogP contribution in [0.3, 0.4) is 0 Å². The Kier molecular flexibility index (Phi) is 6.37. The van der Waals surface area contributed by atoms with E-state index in [-0.39, 0.29) is 23.3 Å². The molecule has 1 atom stereocenters. The fourth-order valence-electron chi connectivity index (χ4n) is 4.20. The van der Waals surface area contributed by atoms with Crippen LogP contribution in [-0.4, -0.2) is 68.7 Å². The molecule has 0 radical (unpaired) electrons. The molecule has 0 unspecified atom stereocenters. The average molecular weight is 471 g/mol. The minimum absolute atomic E-state index is 0.113. The molecular weight excluding hydrogens is 444 g/mol. The molecule has 2 aliphatic rings. The van der Waals surface area contributed by atoms with Gasteiger partial charge in [0.1, 0.15) is 16.7 Å². The van der Waals surface area contributed by atoms with E-state index in [0.717, 1.165) is 6.42 Å². The lowest BCUT2D eigenvalue weighted by atomic mass is 10.1. The van der Waals surface area contributed by atoms with Crippen LogP contribution < -0.4 is 10.1 Å². The summed E-state index contributed by atoms with van der Waals surface area (Å²) in [4.78, 5) is 29.4. The number of likely N-dealkylation sites (N-methyl/N-ethyl adjacent to an activating group) is 1. The molecule has 0 saturated carbocycles. The topological polar surface area (TPSA) is 108 Å². The Hall–Kier alpha value is -3.40. The van der Waals surface area contributed by atoms with Crippen LogP contribution >= 0.6 is 0 Å². The van der Waals surface area contributed by atoms with Crippen LogP contribution in [-0.2, 0) is 19.6 Å². The Labute approximate surface area is 193 Å². The summed E-state index contributed by atoms with van der Waals surface area (Å²) in [6, 6.07) is 13.0. The molecule has 9 nitrogen and oxygen atoms in total. The highest BCUT2D eigenvalue weighted by molar-refractivity contribution is 7.90. The highest BCUT2D eigenvalue weighted by Gasteiger charge is 2.40. The predicted molar refractivity (Wildman–Crippen MR) is 124 cm³/mol. The van der Waals surface area contributed by atoms with Gasteiger partial charge < -0.3 is 19.9 Å². The molecule has 1 N–H and O–H groups in total. The number of carbonyl (C=O) groups is 2. The normalized spacial score (nSPS) is 18.4. The van der Waals surface area contributed by atoms with Gasteiger partial charge in [0.05, 0.1) is 13.7 Å². The lowest BCUT2D eigenvalue weighted by molar-refractivity contribution is -0.137. The van der Waals surface area contributed by atoms with Crippen molar-refractivity contribution in [3.63, 3.8) is 0 Å². The highest BCUT2D eigenvalue weighted by Crippen LogP contribution is 2.31. The van der Waals surface area contributed by atoms with Crippen molar-refractivity contribution in [2.24, 2.45) is 4.40 Å². The number of amidine groups is 1. The van der Waals surface area contributed by atoms with E-state index in [2.05, 4.69) is 9.71 Å². The first-order chi connectivity index (χ1) is 15.8. The predicted octanol–water partition coefficient (Wildman–Crippen LogP) is 2.10. The number of fused-ring (bicyclic) bond motifs is 1. The maximum atomic E-state index is 13.4. The smallest absolute Gasteiger partial charge is 0.285 e. The lowest BCUT2D eigenvalue weighted by Crippen LogP contribution is -2.49. The van der Waals surface area contributed by atoms with Gasteiger partial charge in [0, 0.05) is 30.4 Å². The molecule has 174 valence electrons. The van der Waals surface area contributed by atoms with Gasteiger partial charge in [0.25, 0.3) is 10.0 Å². The summed E-state index contributed by atoms with van der Waals surface area (Å²) in [5, 5.41) is 2.79. The molecule has 0 bridgehead atoms. The molecule has 0 aliphatic carbocycles. The number of rotatable bonds is 6. The number of benzene rings is 2. The Balaban J connectivity index is 1.49.